The molecule has 2 N–H and O–H groups in total. The fourth-order valence-corrected chi connectivity index (χ4v) is 2.79. The van der Waals surface area contributed by atoms with E-state index in [1.807, 2.05) is 6.92 Å². The van der Waals surface area contributed by atoms with Crippen LogP contribution in [0, 0.1) is 0 Å². The summed E-state index contributed by atoms with van der Waals surface area (Å²) in [4.78, 5) is 3.96. The van der Waals surface area contributed by atoms with E-state index in [0.29, 0.717) is 23.3 Å². The van der Waals surface area contributed by atoms with Crippen LogP contribution in [0.15, 0.2) is 22.8 Å². The summed E-state index contributed by atoms with van der Waals surface area (Å²) in [6.45, 7) is 3.53. The Morgan fingerprint density at radius 2 is 2.24 bits per heavy atom. The topological polar surface area (TPSA) is 71.1 Å². The van der Waals surface area contributed by atoms with E-state index < -0.39 is 10.0 Å². The maximum Gasteiger partial charge on any atom is 0.233 e. The Balaban J connectivity index is 2.52. The number of halogens is 1. The summed E-state index contributed by atoms with van der Waals surface area (Å²) in [5.74, 6) is 0.416. The number of pyridine rings is 1. The van der Waals surface area contributed by atoms with Crippen LogP contribution in [-0.4, -0.2) is 32.2 Å². The average Bonchev–Trinajstić information content (AvgIpc) is 2.28. The second-order valence-electron chi connectivity index (χ2n) is 3.46. The maximum absolute atomic E-state index is 11.7. The van der Waals surface area contributed by atoms with Gasteiger partial charge in [0.2, 0.25) is 10.0 Å². The van der Waals surface area contributed by atoms with Crippen molar-refractivity contribution in [3.05, 3.63) is 22.8 Å². The van der Waals surface area contributed by atoms with Gasteiger partial charge >= 0.3 is 0 Å². The molecule has 0 amide bonds. The number of nitrogens with one attached hydrogen (secondary N) is 2. The molecular weight excluding hydrogens is 306 g/mol. The van der Waals surface area contributed by atoms with Crippen LogP contribution in [0.25, 0.3) is 0 Å². The van der Waals surface area contributed by atoms with Crippen molar-refractivity contribution in [3.63, 3.8) is 0 Å². The fraction of sp³-hybridized carbons (Fsp3) is 0.500. The molecule has 0 unspecified atom stereocenters. The van der Waals surface area contributed by atoms with E-state index >= 15 is 0 Å². The van der Waals surface area contributed by atoms with Gasteiger partial charge in [-0.15, -0.1) is 0 Å². The molecule has 0 bridgehead atoms. The predicted molar refractivity (Wildman–Crippen MR) is 72.5 cm³/mol. The lowest BCUT2D eigenvalue weighted by atomic mass is 10.5. The number of hydrogen-bond acceptors (Lipinski definition) is 4. The summed E-state index contributed by atoms with van der Waals surface area (Å²) in [5, 5.41) is 3.08. The van der Waals surface area contributed by atoms with Crippen LogP contribution in [0.2, 0.25) is 0 Å². The third kappa shape index (κ3) is 5.47. The summed E-state index contributed by atoms with van der Waals surface area (Å²) in [5.41, 5.74) is 0. The molecule has 1 heterocycles. The van der Waals surface area contributed by atoms with Gasteiger partial charge in [0, 0.05) is 6.20 Å². The van der Waals surface area contributed by atoms with Gasteiger partial charge in [0.15, 0.2) is 5.82 Å². The van der Waals surface area contributed by atoms with E-state index in [1.54, 1.807) is 18.3 Å². The number of rotatable bonds is 7. The van der Waals surface area contributed by atoms with Crippen molar-refractivity contribution < 1.29 is 8.42 Å². The lowest BCUT2D eigenvalue weighted by molar-refractivity contribution is 0.595. The lowest BCUT2D eigenvalue weighted by Crippen LogP contribution is -2.22. The van der Waals surface area contributed by atoms with Gasteiger partial charge < -0.3 is 5.32 Å². The van der Waals surface area contributed by atoms with Gasteiger partial charge in [-0.25, -0.2) is 13.4 Å². The molecule has 5 nitrogen and oxygen atoms in total. The van der Waals surface area contributed by atoms with Gasteiger partial charge in [-0.3, -0.25) is 4.72 Å². The Morgan fingerprint density at radius 3 is 2.88 bits per heavy atom. The van der Waals surface area contributed by atoms with Crippen LogP contribution in [0.3, 0.4) is 0 Å². The smallest absolute Gasteiger partial charge is 0.233 e. The highest BCUT2D eigenvalue weighted by Gasteiger charge is 2.12. The molecule has 0 radical (unpaired) electrons. The van der Waals surface area contributed by atoms with Crippen molar-refractivity contribution in [2.24, 2.45) is 0 Å². The predicted octanol–water partition coefficient (Wildman–Crippen LogP) is 1.59. The standard InChI is InChI=1S/C10H16BrN3O2S/c1-2-12-6-4-8-17(15,16)14-10-9(11)5-3-7-13-10/h3,5,7,12H,2,4,6,8H2,1H3,(H,13,14). The number of anilines is 1. The highest BCUT2D eigenvalue weighted by molar-refractivity contribution is 9.10. The number of aromatic nitrogens is 1. The molecule has 96 valence electrons. The summed E-state index contributed by atoms with van der Waals surface area (Å²) >= 11 is 3.24. The van der Waals surface area contributed by atoms with Crippen molar-refractivity contribution in [2.45, 2.75) is 13.3 Å². The third-order valence-corrected chi connectivity index (χ3v) is 4.00. The highest BCUT2D eigenvalue weighted by Crippen LogP contribution is 2.19. The van der Waals surface area contributed by atoms with Crippen LogP contribution in [0.4, 0.5) is 5.82 Å². The molecular formula is C10H16BrN3O2S. The largest absolute Gasteiger partial charge is 0.317 e. The molecule has 0 fully saturated rings. The van der Waals surface area contributed by atoms with E-state index in [9.17, 15) is 8.42 Å². The summed E-state index contributed by atoms with van der Waals surface area (Å²) in [6, 6.07) is 3.47. The van der Waals surface area contributed by atoms with E-state index in [-0.39, 0.29) is 5.75 Å². The SMILES string of the molecule is CCNCCCS(=O)(=O)Nc1ncccc1Br. The van der Waals surface area contributed by atoms with Crippen molar-refractivity contribution in [1.82, 2.24) is 10.3 Å². The van der Waals surface area contributed by atoms with E-state index in [4.69, 9.17) is 0 Å². The van der Waals surface area contributed by atoms with Gasteiger partial charge in [-0.1, -0.05) is 6.92 Å². The molecule has 0 saturated heterocycles. The molecule has 7 heteroatoms. The molecule has 0 aliphatic rings. The third-order valence-electron chi connectivity index (χ3n) is 2.03. The first-order valence-electron chi connectivity index (χ1n) is 5.37. The second-order valence-corrected chi connectivity index (χ2v) is 6.16. The molecule has 0 aliphatic carbocycles. The minimum atomic E-state index is -3.32. The Labute approximate surface area is 110 Å². The van der Waals surface area contributed by atoms with Crippen molar-refractivity contribution >= 4 is 31.8 Å². The molecule has 0 aliphatic heterocycles. The molecule has 1 aromatic heterocycles. The Kier molecular flexibility index (Phi) is 5.87. The monoisotopic (exact) mass is 321 g/mol. The molecule has 0 aromatic carbocycles. The number of nitrogens with zero attached hydrogens (tertiary/aromatic N) is 1. The maximum atomic E-state index is 11.7. The van der Waals surface area contributed by atoms with E-state index in [1.165, 1.54) is 0 Å². The van der Waals surface area contributed by atoms with E-state index in [0.717, 1.165) is 6.54 Å². The quantitative estimate of drug-likeness (QED) is 0.748. The lowest BCUT2D eigenvalue weighted by Gasteiger charge is -2.08. The second kappa shape index (κ2) is 6.93. The van der Waals surface area contributed by atoms with E-state index in [2.05, 4.69) is 31.0 Å². The minimum absolute atomic E-state index is 0.0863. The Morgan fingerprint density at radius 1 is 1.47 bits per heavy atom. The first-order chi connectivity index (χ1) is 8.05. The van der Waals surface area contributed by atoms with Gasteiger partial charge in [-0.2, -0.15) is 0 Å². The van der Waals surface area contributed by atoms with Crippen molar-refractivity contribution in [3.8, 4) is 0 Å². The molecule has 17 heavy (non-hydrogen) atoms. The zero-order valence-electron chi connectivity index (χ0n) is 9.61. The minimum Gasteiger partial charge on any atom is -0.317 e. The van der Waals surface area contributed by atoms with Crippen LogP contribution in [0.1, 0.15) is 13.3 Å². The fourth-order valence-electron chi connectivity index (χ4n) is 1.22. The van der Waals surface area contributed by atoms with Gasteiger partial charge in [-0.05, 0) is 47.6 Å². The molecule has 0 spiro atoms. The number of sulfonamides is 1. The molecule has 0 atom stereocenters. The van der Waals surface area contributed by atoms with Crippen LogP contribution in [-0.2, 0) is 10.0 Å². The number of hydrogen-bond donors (Lipinski definition) is 2. The molecule has 0 saturated carbocycles. The zero-order valence-corrected chi connectivity index (χ0v) is 12.0. The molecule has 1 aromatic rings. The van der Waals surface area contributed by atoms with Crippen LogP contribution < -0.4 is 10.0 Å². The zero-order chi connectivity index (χ0) is 12.7. The van der Waals surface area contributed by atoms with Gasteiger partial charge in [0.25, 0.3) is 0 Å². The first-order valence-corrected chi connectivity index (χ1v) is 7.81. The summed E-state index contributed by atoms with van der Waals surface area (Å²) < 4.78 is 26.5. The van der Waals surface area contributed by atoms with Crippen molar-refractivity contribution in [1.29, 1.82) is 0 Å². The van der Waals surface area contributed by atoms with Crippen LogP contribution in [0.5, 0.6) is 0 Å². The Hall–Kier alpha value is -0.660. The average molecular weight is 322 g/mol. The van der Waals surface area contributed by atoms with Crippen molar-refractivity contribution in [2.75, 3.05) is 23.6 Å². The summed E-state index contributed by atoms with van der Waals surface area (Å²) in [7, 11) is -3.32. The first kappa shape index (κ1) is 14.4. The Bertz CT molecular complexity index is 451. The van der Waals surface area contributed by atoms with Gasteiger partial charge in [0.1, 0.15) is 0 Å². The summed E-state index contributed by atoms with van der Waals surface area (Å²) in [6.07, 6.45) is 2.12. The normalized spacial score (nSPS) is 11.4. The van der Waals surface area contributed by atoms with Crippen LogP contribution >= 0.6 is 15.9 Å². The highest BCUT2D eigenvalue weighted by atomic mass is 79.9. The molecule has 1 rings (SSSR count). The van der Waals surface area contributed by atoms with Gasteiger partial charge in [0.05, 0.1) is 10.2 Å².